The monoisotopic (exact) mass is 193 g/mol. The Morgan fingerprint density at radius 1 is 1.46 bits per heavy atom. The van der Waals surface area contributed by atoms with E-state index in [-0.39, 0.29) is 0 Å². The Morgan fingerprint density at radius 3 is 2.69 bits per heavy atom. The number of anilines is 1. The van der Waals surface area contributed by atoms with Gasteiger partial charge in [0.1, 0.15) is 0 Å². The summed E-state index contributed by atoms with van der Waals surface area (Å²) >= 11 is 6.04. The van der Waals surface area contributed by atoms with E-state index in [4.69, 9.17) is 18.0 Å². The van der Waals surface area contributed by atoms with E-state index in [1.807, 2.05) is 19.9 Å². The number of benzene rings is 1. The number of aryl methyl sites for hydroxylation is 2. The van der Waals surface area contributed by atoms with Crippen molar-refractivity contribution in [3.05, 3.63) is 28.3 Å². The van der Waals surface area contributed by atoms with Crippen LogP contribution in [0.15, 0.2) is 12.1 Å². The summed E-state index contributed by atoms with van der Waals surface area (Å²) in [5.74, 6) is 2.52. The van der Waals surface area contributed by atoms with Gasteiger partial charge in [0, 0.05) is 0 Å². The first-order valence-electron chi connectivity index (χ1n) is 4.09. The predicted molar refractivity (Wildman–Crippen MR) is 58.2 cm³/mol. The number of halogens is 1. The maximum atomic E-state index is 6.04. The first kappa shape index (κ1) is 9.95. The fourth-order valence-electron chi connectivity index (χ4n) is 1.28. The van der Waals surface area contributed by atoms with Crippen LogP contribution in [0.4, 0.5) is 5.69 Å². The highest BCUT2D eigenvalue weighted by atomic mass is 35.5. The van der Waals surface area contributed by atoms with Crippen molar-refractivity contribution in [1.82, 2.24) is 0 Å². The third-order valence-electron chi connectivity index (χ3n) is 1.80. The molecule has 0 amide bonds. The molecule has 2 heteroatoms. The third-order valence-corrected chi connectivity index (χ3v) is 2.10. The van der Waals surface area contributed by atoms with Gasteiger partial charge >= 0.3 is 0 Å². The second kappa shape index (κ2) is 4.20. The number of nitrogens with one attached hydrogen (secondary N) is 1. The maximum Gasteiger partial charge on any atom is 0.0763 e. The van der Waals surface area contributed by atoms with Gasteiger partial charge in [-0.1, -0.05) is 23.6 Å². The summed E-state index contributed by atoms with van der Waals surface area (Å²) < 4.78 is 0. The van der Waals surface area contributed by atoms with Crippen molar-refractivity contribution in [2.24, 2.45) is 0 Å². The molecule has 1 nitrogen and oxygen atoms in total. The highest BCUT2D eigenvalue weighted by Crippen LogP contribution is 2.26. The quantitative estimate of drug-likeness (QED) is 0.713. The Hall–Kier alpha value is -1.13. The summed E-state index contributed by atoms with van der Waals surface area (Å²) in [6, 6.07) is 4.00. The van der Waals surface area contributed by atoms with Gasteiger partial charge in [0.05, 0.1) is 17.3 Å². The molecule has 0 spiro atoms. The van der Waals surface area contributed by atoms with E-state index >= 15 is 0 Å². The van der Waals surface area contributed by atoms with Crippen molar-refractivity contribution in [3.8, 4) is 12.3 Å². The zero-order valence-corrected chi connectivity index (χ0v) is 8.57. The van der Waals surface area contributed by atoms with Crippen LogP contribution in [0.25, 0.3) is 0 Å². The molecule has 0 aliphatic rings. The van der Waals surface area contributed by atoms with E-state index in [0.717, 1.165) is 21.8 Å². The van der Waals surface area contributed by atoms with E-state index in [9.17, 15) is 0 Å². The summed E-state index contributed by atoms with van der Waals surface area (Å²) in [5.41, 5.74) is 3.22. The molecule has 0 saturated carbocycles. The molecule has 0 aliphatic heterocycles. The van der Waals surface area contributed by atoms with Crippen LogP contribution in [0.2, 0.25) is 5.02 Å². The first-order chi connectivity index (χ1) is 6.15. The van der Waals surface area contributed by atoms with Gasteiger partial charge in [-0.15, -0.1) is 6.42 Å². The van der Waals surface area contributed by atoms with Gasteiger partial charge in [-0.3, -0.25) is 0 Å². The normalized spacial score (nSPS) is 9.38. The van der Waals surface area contributed by atoms with Crippen molar-refractivity contribution in [1.29, 1.82) is 0 Å². The zero-order valence-electron chi connectivity index (χ0n) is 7.82. The Morgan fingerprint density at radius 2 is 2.15 bits per heavy atom. The Kier molecular flexibility index (Phi) is 3.22. The lowest BCUT2D eigenvalue weighted by Crippen LogP contribution is -2.01. The summed E-state index contributed by atoms with van der Waals surface area (Å²) in [6.07, 6.45) is 5.15. The van der Waals surface area contributed by atoms with Crippen LogP contribution in [0, 0.1) is 26.2 Å². The van der Waals surface area contributed by atoms with E-state index in [0.29, 0.717) is 6.54 Å². The minimum atomic E-state index is 0.504. The van der Waals surface area contributed by atoms with E-state index in [2.05, 4.69) is 17.3 Å². The lowest BCUT2D eigenvalue weighted by molar-refractivity contribution is 1.31. The van der Waals surface area contributed by atoms with Crippen molar-refractivity contribution < 1.29 is 0 Å². The van der Waals surface area contributed by atoms with E-state index < -0.39 is 0 Å². The molecule has 0 fully saturated rings. The Labute approximate surface area is 84.1 Å². The van der Waals surface area contributed by atoms with Crippen LogP contribution < -0.4 is 5.32 Å². The fraction of sp³-hybridized carbons (Fsp3) is 0.273. The highest BCUT2D eigenvalue weighted by molar-refractivity contribution is 6.33. The van der Waals surface area contributed by atoms with E-state index in [1.165, 1.54) is 0 Å². The molecule has 0 radical (unpaired) electrons. The number of rotatable bonds is 2. The van der Waals surface area contributed by atoms with Crippen LogP contribution in [0.3, 0.4) is 0 Å². The second-order valence-corrected chi connectivity index (χ2v) is 3.40. The van der Waals surface area contributed by atoms with Gasteiger partial charge in [-0.25, -0.2) is 0 Å². The Balaban J connectivity index is 3.00. The lowest BCUT2D eigenvalue weighted by atomic mass is 10.1. The molecular formula is C11H12ClN. The largest absolute Gasteiger partial charge is 0.373 e. The summed E-state index contributed by atoms with van der Waals surface area (Å²) in [6.45, 7) is 4.53. The molecule has 0 heterocycles. The van der Waals surface area contributed by atoms with Crippen molar-refractivity contribution in [2.45, 2.75) is 13.8 Å². The average Bonchev–Trinajstić information content (AvgIpc) is 2.02. The maximum absolute atomic E-state index is 6.04. The van der Waals surface area contributed by atoms with Gasteiger partial charge in [0.25, 0.3) is 0 Å². The van der Waals surface area contributed by atoms with Gasteiger partial charge in [-0.05, 0) is 31.0 Å². The molecule has 1 N–H and O–H groups in total. The molecule has 0 aliphatic carbocycles. The first-order valence-corrected chi connectivity index (χ1v) is 4.47. The summed E-state index contributed by atoms with van der Waals surface area (Å²) in [5, 5.41) is 3.82. The van der Waals surface area contributed by atoms with E-state index in [1.54, 1.807) is 0 Å². The topological polar surface area (TPSA) is 12.0 Å². The van der Waals surface area contributed by atoms with Crippen LogP contribution in [0.5, 0.6) is 0 Å². The zero-order chi connectivity index (χ0) is 9.84. The summed E-state index contributed by atoms with van der Waals surface area (Å²) in [7, 11) is 0. The predicted octanol–water partition coefficient (Wildman–Crippen LogP) is 3.00. The molecule has 68 valence electrons. The fourth-order valence-corrected chi connectivity index (χ4v) is 1.67. The number of hydrogen-bond donors (Lipinski definition) is 1. The number of hydrogen-bond acceptors (Lipinski definition) is 1. The molecule has 1 rings (SSSR count). The molecular weight excluding hydrogens is 182 g/mol. The van der Waals surface area contributed by atoms with Gasteiger partial charge in [0.2, 0.25) is 0 Å². The molecule has 0 bridgehead atoms. The highest BCUT2D eigenvalue weighted by Gasteiger charge is 2.03. The Bertz CT molecular complexity index is 327. The molecule has 0 saturated heterocycles. The minimum absolute atomic E-state index is 0.504. The van der Waals surface area contributed by atoms with Crippen LogP contribution in [-0.2, 0) is 0 Å². The third kappa shape index (κ3) is 2.40. The van der Waals surface area contributed by atoms with Crippen molar-refractivity contribution in [3.63, 3.8) is 0 Å². The molecule has 1 aromatic carbocycles. The summed E-state index contributed by atoms with van der Waals surface area (Å²) in [4.78, 5) is 0. The number of terminal acetylenes is 1. The molecule has 13 heavy (non-hydrogen) atoms. The van der Waals surface area contributed by atoms with Crippen molar-refractivity contribution >= 4 is 17.3 Å². The van der Waals surface area contributed by atoms with Gasteiger partial charge < -0.3 is 5.32 Å². The minimum Gasteiger partial charge on any atom is -0.373 e. The standard InChI is InChI=1S/C11H12ClN/c1-4-5-13-11-9(3)6-8(2)7-10(11)12/h1,6-7,13H,5H2,2-3H3. The smallest absolute Gasteiger partial charge is 0.0763 e. The molecule has 0 atom stereocenters. The van der Waals surface area contributed by atoms with Crippen LogP contribution >= 0.6 is 11.6 Å². The average molecular weight is 194 g/mol. The molecule has 0 unspecified atom stereocenters. The van der Waals surface area contributed by atoms with Crippen molar-refractivity contribution in [2.75, 3.05) is 11.9 Å². The SMILES string of the molecule is C#CCNc1c(C)cc(C)cc1Cl. The van der Waals surface area contributed by atoms with Crippen LogP contribution in [0.1, 0.15) is 11.1 Å². The lowest BCUT2D eigenvalue weighted by Gasteiger charge is -2.09. The van der Waals surface area contributed by atoms with Crippen LogP contribution in [-0.4, -0.2) is 6.54 Å². The molecule has 1 aromatic rings. The van der Waals surface area contributed by atoms with Gasteiger partial charge in [0.15, 0.2) is 0 Å². The van der Waals surface area contributed by atoms with Gasteiger partial charge in [-0.2, -0.15) is 0 Å². The second-order valence-electron chi connectivity index (χ2n) is 3.00. The molecule has 0 aromatic heterocycles.